The molecule has 0 bridgehead atoms. The van der Waals surface area contributed by atoms with E-state index >= 15 is 0 Å². The molecule has 0 unspecified atom stereocenters. The minimum absolute atomic E-state index is 0.0316. The van der Waals surface area contributed by atoms with E-state index in [0.717, 1.165) is 51.6 Å². The molecule has 0 atom stereocenters. The Balaban J connectivity index is 1.72. The van der Waals surface area contributed by atoms with Gasteiger partial charge in [0.2, 0.25) is 17.7 Å². The van der Waals surface area contributed by atoms with Crippen LogP contribution in [0.3, 0.4) is 0 Å². The van der Waals surface area contributed by atoms with Gasteiger partial charge in [0, 0.05) is 19.1 Å². The molecule has 1 aromatic rings. The number of anilines is 2. The summed E-state index contributed by atoms with van der Waals surface area (Å²) in [4.78, 5) is 33.2. The van der Waals surface area contributed by atoms with E-state index in [1.807, 2.05) is 0 Å². The van der Waals surface area contributed by atoms with Crippen molar-refractivity contribution in [3.8, 4) is 0 Å². The summed E-state index contributed by atoms with van der Waals surface area (Å²) < 4.78 is 0. The van der Waals surface area contributed by atoms with E-state index in [4.69, 9.17) is 11.5 Å². The summed E-state index contributed by atoms with van der Waals surface area (Å²) >= 11 is 0. The highest BCUT2D eigenvalue weighted by Gasteiger charge is 2.27. The van der Waals surface area contributed by atoms with Crippen molar-refractivity contribution < 1.29 is 9.72 Å². The monoisotopic (exact) mass is 377 g/mol. The Labute approximate surface area is 157 Å². The van der Waals surface area contributed by atoms with Crippen LogP contribution in [0.2, 0.25) is 0 Å². The lowest BCUT2D eigenvalue weighted by Crippen LogP contribution is -2.33. The van der Waals surface area contributed by atoms with Gasteiger partial charge in [0.15, 0.2) is 0 Å². The van der Waals surface area contributed by atoms with Crippen LogP contribution in [-0.2, 0) is 11.2 Å². The molecule has 2 aliphatic rings. The summed E-state index contributed by atoms with van der Waals surface area (Å²) in [6.45, 7) is 1.58. The maximum Gasteiger partial charge on any atom is 0.332 e. The molecule has 0 radical (unpaired) electrons. The van der Waals surface area contributed by atoms with Gasteiger partial charge in [-0.3, -0.25) is 14.9 Å². The molecule has 27 heavy (non-hydrogen) atoms. The fourth-order valence-electron chi connectivity index (χ4n) is 3.84. The lowest BCUT2D eigenvalue weighted by molar-refractivity contribution is -0.385. The molecule has 2 fully saturated rings. The predicted octanol–water partition coefficient (Wildman–Crippen LogP) is 1.06. The molecule has 3 rings (SSSR count). The number of amides is 1. The highest BCUT2D eigenvalue weighted by molar-refractivity contribution is 5.80. The molecule has 0 aromatic carbocycles. The highest BCUT2D eigenvalue weighted by Crippen LogP contribution is 2.31. The number of nitrogens with two attached hydrogens (primary N) is 2. The van der Waals surface area contributed by atoms with Crippen molar-refractivity contribution in [1.29, 1.82) is 0 Å². The van der Waals surface area contributed by atoms with E-state index in [9.17, 15) is 14.9 Å². The number of likely N-dealkylation sites (tertiary alicyclic amines) is 1. The third-order valence-corrected chi connectivity index (χ3v) is 5.40. The maximum absolute atomic E-state index is 12.2. The molecule has 10 nitrogen and oxygen atoms in total. The van der Waals surface area contributed by atoms with Crippen LogP contribution >= 0.6 is 0 Å². The first-order valence-electron chi connectivity index (χ1n) is 9.52. The fraction of sp³-hybridized carbons (Fsp3) is 0.706. The van der Waals surface area contributed by atoms with Crippen molar-refractivity contribution in [3.05, 3.63) is 15.8 Å². The second-order valence-electron chi connectivity index (χ2n) is 7.41. The quantitative estimate of drug-likeness (QED) is 0.491. The van der Waals surface area contributed by atoms with Crippen LogP contribution in [0.4, 0.5) is 17.5 Å². The van der Waals surface area contributed by atoms with Crippen LogP contribution < -0.4 is 16.8 Å². The number of nitro groups is 1. The van der Waals surface area contributed by atoms with E-state index in [1.165, 1.54) is 0 Å². The largest absolute Gasteiger partial charge is 0.378 e. The second-order valence-corrected chi connectivity index (χ2v) is 7.41. The maximum atomic E-state index is 12.2. The summed E-state index contributed by atoms with van der Waals surface area (Å²) in [6.07, 6.45) is 6.15. The first-order valence-corrected chi connectivity index (χ1v) is 9.52. The van der Waals surface area contributed by atoms with Crippen LogP contribution in [0.25, 0.3) is 0 Å². The lowest BCUT2D eigenvalue weighted by Gasteiger charge is -2.25. The second kappa shape index (κ2) is 8.47. The highest BCUT2D eigenvalue weighted by atomic mass is 16.6. The Morgan fingerprint density at radius 1 is 1.22 bits per heavy atom. The fourth-order valence-corrected chi connectivity index (χ4v) is 3.84. The van der Waals surface area contributed by atoms with Crippen molar-refractivity contribution in [2.75, 3.05) is 30.7 Å². The van der Waals surface area contributed by atoms with E-state index in [0.29, 0.717) is 12.1 Å². The molecule has 1 amide bonds. The van der Waals surface area contributed by atoms with Gasteiger partial charge in [-0.2, -0.15) is 4.98 Å². The Hall–Kier alpha value is -2.49. The SMILES string of the molecule is Nc1nc(NCC(=O)N2CCCC2)nc(CC2CCC(N)CC2)c1[N+](=O)[O-]. The molecule has 2 heterocycles. The van der Waals surface area contributed by atoms with Crippen LogP contribution in [0.1, 0.15) is 44.2 Å². The van der Waals surface area contributed by atoms with Gasteiger partial charge in [-0.05, 0) is 50.9 Å². The van der Waals surface area contributed by atoms with Crippen LogP contribution in [0.15, 0.2) is 0 Å². The molecule has 1 aliphatic heterocycles. The number of carbonyl (C=O) groups excluding carboxylic acids is 1. The topological polar surface area (TPSA) is 153 Å². The van der Waals surface area contributed by atoms with Crippen LogP contribution in [0, 0.1) is 16.0 Å². The molecule has 1 saturated carbocycles. The first kappa shape index (κ1) is 19.3. The van der Waals surface area contributed by atoms with Crippen molar-refractivity contribution >= 4 is 23.4 Å². The molecule has 5 N–H and O–H groups in total. The Kier molecular flexibility index (Phi) is 6.04. The molecule has 1 aromatic heterocycles. The average molecular weight is 377 g/mol. The zero-order valence-corrected chi connectivity index (χ0v) is 15.4. The van der Waals surface area contributed by atoms with Crippen molar-refractivity contribution in [2.45, 2.75) is 51.0 Å². The normalized spacial score (nSPS) is 22.6. The minimum atomic E-state index is -0.529. The van der Waals surface area contributed by atoms with Crippen molar-refractivity contribution in [3.63, 3.8) is 0 Å². The van der Waals surface area contributed by atoms with Gasteiger partial charge in [-0.25, -0.2) is 4.98 Å². The van der Waals surface area contributed by atoms with Gasteiger partial charge in [0.25, 0.3) is 0 Å². The van der Waals surface area contributed by atoms with E-state index in [-0.39, 0.29) is 41.9 Å². The summed E-state index contributed by atoms with van der Waals surface area (Å²) in [5.41, 5.74) is 11.9. The van der Waals surface area contributed by atoms with Crippen LogP contribution in [-0.4, -0.2) is 51.4 Å². The molecule has 0 spiro atoms. The summed E-state index contributed by atoms with van der Waals surface area (Å²) in [5, 5.41) is 14.3. The number of nitrogen functional groups attached to an aromatic ring is 1. The summed E-state index contributed by atoms with van der Waals surface area (Å²) in [6, 6.07) is 0.209. The number of rotatable bonds is 6. The molecule has 1 aliphatic carbocycles. The number of nitrogens with zero attached hydrogens (tertiary/aromatic N) is 4. The Morgan fingerprint density at radius 2 is 1.89 bits per heavy atom. The number of carbonyl (C=O) groups is 1. The van der Waals surface area contributed by atoms with Crippen molar-refractivity contribution in [1.82, 2.24) is 14.9 Å². The third-order valence-electron chi connectivity index (χ3n) is 5.40. The van der Waals surface area contributed by atoms with Gasteiger partial charge in [-0.1, -0.05) is 0 Å². The number of aromatic nitrogens is 2. The number of hydrogen-bond donors (Lipinski definition) is 3. The van der Waals surface area contributed by atoms with Gasteiger partial charge in [-0.15, -0.1) is 0 Å². The Morgan fingerprint density at radius 3 is 2.52 bits per heavy atom. The lowest BCUT2D eigenvalue weighted by atomic mass is 9.83. The van der Waals surface area contributed by atoms with Gasteiger partial charge in [0.1, 0.15) is 5.69 Å². The van der Waals surface area contributed by atoms with Gasteiger partial charge < -0.3 is 21.7 Å². The smallest absolute Gasteiger partial charge is 0.332 e. The zero-order chi connectivity index (χ0) is 19.4. The standard InChI is InChI=1S/C17H27N7O3/c18-12-5-3-11(4-6-12)9-13-15(24(26)27)16(19)22-17(21-13)20-10-14(25)23-7-1-2-8-23/h11-12H,1-10,18H2,(H3,19,20,21,22). The van der Waals surface area contributed by atoms with Gasteiger partial charge >= 0.3 is 5.69 Å². The van der Waals surface area contributed by atoms with Gasteiger partial charge in [0.05, 0.1) is 11.5 Å². The number of hydrogen-bond acceptors (Lipinski definition) is 8. The minimum Gasteiger partial charge on any atom is -0.378 e. The summed E-state index contributed by atoms with van der Waals surface area (Å²) in [7, 11) is 0. The van der Waals surface area contributed by atoms with E-state index in [2.05, 4.69) is 15.3 Å². The summed E-state index contributed by atoms with van der Waals surface area (Å²) in [5.74, 6) is 0.245. The average Bonchev–Trinajstić information content (AvgIpc) is 3.16. The van der Waals surface area contributed by atoms with Crippen molar-refractivity contribution in [2.24, 2.45) is 11.7 Å². The molecule has 1 saturated heterocycles. The molecular formula is C17H27N7O3. The number of nitrogens with one attached hydrogen (secondary N) is 1. The predicted molar refractivity (Wildman–Crippen MR) is 101 cm³/mol. The molecule has 10 heteroatoms. The molecular weight excluding hydrogens is 350 g/mol. The first-order chi connectivity index (χ1) is 12.9. The van der Waals surface area contributed by atoms with E-state index in [1.54, 1.807) is 4.90 Å². The molecule has 148 valence electrons. The Bertz CT molecular complexity index is 698. The van der Waals surface area contributed by atoms with Crippen LogP contribution in [0.5, 0.6) is 0 Å². The van der Waals surface area contributed by atoms with E-state index < -0.39 is 4.92 Å². The zero-order valence-electron chi connectivity index (χ0n) is 15.4. The third kappa shape index (κ3) is 4.82.